The van der Waals surface area contributed by atoms with Crippen LogP contribution in [0.4, 0.5) is 10.2 Å². The van der Waals surface area contributed by atoms with Gasteiger partial charge in [0.05, 0.1) is 32.5 Å². The number of methoxy groups -OCH3 is 1. The molecule has 0 aliphatic carbocycles. The second-order valence-electron chi connectivity index (χ2n) is 8.27. The van der Waals surface area contributed by atoms with E-state index < -0.39 is 11.9 Å². The molecule has 5 rings (SSSR count). The number of pyridine rings is 1. The van der Waals surface area contributed by atoms with E-state index in [0.717, 1.165) is 62.7 Å². The minimum atomic E-state index is -0.660. The number of carbonyl (C=O) groups excluding carboxylic acids is 1. The molecule has 0 unspecified atom stereocenters. The first-order chi connectivity index (χ1) is 17.1. The molecule has 1 aromatic carbocycles. The van der Waals surface area contributed by atoms with Gasteiger partial charge in [0.25, 0.3) is 5.91 Å². The van der Waals surface area contributed by atoms with Crippen molar-refractivity contribution in [1.29, 1.82) is 0 Å². The number of aromatic nitrogens is 3. The van der Waals surface area contributed by atoms with Crippen LogP contribution in [0.2, 0.25) is 0 Å². The molecule has 0 spiro atoms. The Balaban J connectivity index is 1.44. The maximum atomic E-state index is 13.1. The average Bonchev–Trinajstić information content (AvgIpc) is 3.38. The van der Waals surface area contributed by atoms with Crippen molar-refractivity contribution in [3.63, 3.8) is 0 Å². The Labute approximate surface area is 201 Å². The quantitative estimate of drug-likeness (QED) is 0.402. The molecular weight excluding hydrogens is 455 g/mol. The molecule has 2 aliphatic rings. The molecule has 2 aromatic heterocycles. The van der Waals surface area contributed by atoms with Crippen molar-refractivity contribution in [1.82, 2.24) is 19.4 Å². The second kappa shape index (κ2) is 10.4. The van der Waals surface area contributed by atoms with Crippen molar-refractivity contribution < 1.29 is 23.4 Å². The topological polar surface area (TPSA) is 103 Å². The molecule has 0 radical (unpaired) electrons. The summed E-state index contributed by atoms with van der Waals surface area (Å²) in [6, 6.07) is 6.29. The number of carbonyl (C=O) groups is 1. The highest BCUT2D eigenvalue weighted by Crippen LogP contribution is 2.37. The van der Waals surface area contributed by atoms with Crippen LogP contribution in [0.25, 0.3) is 10.9 Å². The Morgan fingerprint density at radius 2 is 2.09 bits per heavy atom. The van der Waals surface area contributed by atoms with Gasteiger partial charge in [0.2, 0.25) is 11.6 Å². The van der Waals surface area contributed by atoms with E-state index in [4.69, 9.17) is 14.2 Å². The van der Waals surface area contributed by atoms with E-state index in [1.165, 1.54) is 6.07 Å². The maximum absolute atomic E-state index is 13.1. The van der Waals surface area contributed by atoms with Gasteiger partial charge < -0.3 is 19.5 Å². The van der Waals surface area contributed by atoms with Crippen LogP contribution in [0, 0.1) is 5.95 Å². The molecule has 0 saturated carbocycles. The zero-order chi connectivity index (χ0) is 24.2. The molecule has 3 aromatic rings. The highest BCUT2D eigenvalue weighted by Gasteiger charge is 2.21. The summed E-state index contributed by atoms with van der Waals surface area (Å²) < 4.78 is 32.1. The minimum Gasteiger partial charge on any atom is -0.491 e. The van der Waals surface area contributed by atoms with Crippen molar-refractivity contribution >= 4 is 22.6 Å². The van der Waals surface area contributed by atoms with E-state index in [1.807, 2.05) is 16.7 Å². The molecule has 2 aliphatic heterocycles. The molecule has 1 amide bonds. The van der Waals surface area contributed by atoms with Gasteiger partial charge in [0.15, 0.2) is 11.5 Å². The molecule has 1 saturated heterocycles. The van der Waals surface area contributed by atoms with Gasteiger partial charge in [-0.15, -0.1) is 0 Å². The number of morpholine rings is 1. The number of hydrogen-bond donors (Lipinski definition) is 1. The number of amides is 1. The highest BCUT2D eigenvalue weighted by molar-refractivity contribution is 5.96. The van der Waals surface area contributed by atoms with Crippen LogP contribution in [0.5, 0.6) is 11.5 Å². The molecule has 10 nitrogen and oxygen atoms in total. The Morgan fingerprint density at radius 3 is 2.86 bits per heavy atom. The summed E-state index contributed by atoms with van der Waals surface area (Å²) in [6.07, 6.45) is 2.03. The molecule has 35 heavy (non-hydrogen) atoms. The van der Waals surface area contributed by atoms with E-state index in [9.17, 15) is 9.18 Å². The molecule has 4 heterocycles. The summed E-state index contributed by atoms with van der Waals surface area (Å²) in [5, 5.41) is 4.18. The normalized spacial score (nSPS) is 16.2. The lowest BCUT2D eigenvalue weighted by Crippen LogP contribution is -2.37. The number of fused-ring (bicyclic) bond motifs is 3. The first kappa shape index (κ1) is 23.2. The molecule has 1 fully saturated rings. The molecular formula is C24H27FN6O4. The van der Waals surface area contributed by atoms with Crippen LogP contribution in [0.1, 0.15) is 16.8 Å². The number of anilines is 1. The minimum absolute atomic E-state index is 0.179. The van der Waals surface area contributed by atoms with Gasteiger partial charge in [0.1, 0.15) is 11.3 Å². The third kappa shape index (κ3) is 4.96. The first-order valence-corrected chi connectivity index (χ1v) is 11.6. The lowest BCUT2D eigenvalue weighted by molar-refractivity contribution is 0.0357. The lowest BCUT2D eigenvalue weighted by Gasteiger charge is -2.26. The van der Waals surface area contributed by atoms with E-state index >= 15 is 0 Å². The Kier molecular flexibility index (Phi) is 6.87. The van der Waals surface area contributed by atoms with Gasteiger partial charge in [0, 0.05) is 44.3 Å². The fraction of sp³-hybridized carbons (Fsp3) is 0.417. The molecule has 184 valence electrons. The second-order valence-corrected chi connectivity index (χ2v) is 8.27. The summed E-state index contributed by atoms with van der Waals surface area (Å²) >= 11 is 0. The molecule has 0 bridgehead atoms. The van der Waals surface area contributed by atoms with E-state index in [-0.39, 0.29) is 11.2 Å². The van der Waals surface area contributed by atoms with Crippen LogP contribution >= 0.6 is 0 Å². The Morgan fingerprint density at radius 1 is 1.23 bits per heavy atom. The van der Waals surface area contributed by atoms with E-state index in [1.54, 1.807) is 7.11 Å². The van der Waals surface area contributed by atoms with Crippen LogP contribution < -0.4 is 20.4 Å². The number of rotatable bonds is 7. The summed E-state index contributed by atoms with van der Waals surface area (Å²) in [5.41, 5.74) is 0.954. The van der Waals surface area contributed by atoms with Gasteiger partial charge in [-0.05, 0) is 30.7 Å². The van der Waals surface area contributed by atoms with E-state index in [0.29, 0.717) is 36.7 Å². The zero-order valence-electron chi connectivity index (χ0n) is 19.5. The number of benzene rings is 1. The van der Waals surface area contributed by atoms with Gasteiger partial charge in [-0.3, -0.25) is 14.3 Å². The number of nitrogens with one attached hydrogen (secondary N) is 1. The van der Waals surface area contributed by atoms with Crippen LogP contribution in [-0.4, -0.2) is 78.5 Å². The van der Waals surface area contributed by atoms with Crippen molar-refractivity contribution in [2.24, 2.45) is 4.99 Å². The summed E-state index contributed by atoms with van der Waals surface area (Å²) in [6.45, 7) is 6.19. The average molecular weight is 483 g/mol. The van der Waals surface area contributed by atoms with Crippen molar-refractivity contribution in [2.75, 3.05) is 58.4 Å². The number of halogens is 1. The fourth-order valence-electron chi connectivity index (χ4n) is 4.30. The molecule has 11 heteroatoms. The monoisotopic (exact) mass is 482 g/mol. The number of hydrogen-bond acceptors (Lipinski definition) is 8. The van der Waals surface area contributed by atoms with E-state index in [2.05, 4.69) is 25.2 Å². The smallest absolute Gasteiger partial charge is 0.281 e. The molecule has 0 atom stereocenters. The zero-order valence-corrected chi connectivity index (χ0v) is 19.5. The third-order valence-electron chi connectivity index (χ3n) is 6.06. The van der Waals surface area contributed by atoms with Crippen LogP contribution in [0.15, 0.2) is 35.5 Å². The van der Waals surface area contributed by atoms with Gasteiger partial charge in [-0.2, -0.15) is 9.38 Å². The third-order valence-corrected chi connectivity index (χ3v) is 6.06. The van der Waals surface area contributed by atoms with Crippen LogP contribution in [-0.2, 0) is 11.3 Å². The predicted octanol–water partition coefficient (Wildman–Crippen LogP) is 1.85. The summed E-state index contributed by atoms with van der Waals surface area (Å²) in [4.78, 5) is 27.5. The highest BCUT2D eigenvalue weighted by atomic mass is 19.1. The van der Waals surface area contributed by atoms with Gasteiger partial charge >= 0.3 is 0 Å². The number of ether oxygens (including phenoxy) is 3. The molecule has 1 N–H and O–H groups in total. The fourth-order valence-corrected chi connectivity index (χ4v) is 4.30. The van der Waals surface area contributed by atoms with Crippen molar-refractivity contribution in [2.45, 2.75) is 13.0 Å². The van der Waals surface area contributed by atoms with Gasteiger partial charge in [-0.1, -0.05) is 0 Å². The Bertz CT molecular complexity index is 1290. The standard InChI is InChI=1S/C24H27FN6O4/c1-33-21-18(35-12-2-8-30-10-13-34-14-11-30)5-4-17-20(21)28-24(31-9-7-26-22(17)31)29-23(32)16-3-6-19(25)27-15-16/h3-6,15,26H,2,7-14H2,1H3. The summed E-state index contributed by atoms with van der Waals surface area (Å²) in [7, 11) is 1.57. The van der Waals surface area contributed by atoms with Gasteiger partial charge in [-0.25, -0.2) is 9.97 Å². The van der Waals surface area contributed by atoms with Crippen molar-refractivity contribution in [3.8, 4) is 11.5 Å². The van der Waals surface area contributed by atoms with Crippen LogP contribution in [0.3, 0.4) is 0 Å². The predicted molar refractivity (Wildman–Crippen MR) is 126 cm³/mol. The maximum Gasteiger partial charge on any atom is 0.281 e. The van der Waals surface area contributed by atoms with Crippen molar-refractivity contribution in [3.05, 3.63) is 47.6 Å². The summed E-state index contributed by atoms with van der Waals surface area (Å²) in [5.74, 6) is 0.652. The first-order valence-electron chi connectivity index (χ1n) is 11.6. The lowest BCUT2D eigenvalue weighted by atomic mass is 10.2. The Hall–Kier alpha value is -3.57. The SMILES string of the molecule is COc1c(OCCCN2CCOCC2)ccc2c3n(c(=NC(=O)c4ccc(F)nc4)nc12)CCN3. The number of nitrogens with zero attached hydrogens (tertiary/aromatic N) is 5. The largest absolute Gasteiger partial charge is 0.491 e.